The van der Waals surface area contributed by atoms with E-state index in [1.807, 2.05) is 77.7 Å². The van der Waals surface area contributed by atoms with Crippen molar-refractivity contribution in [1.82, 2.24) is 4.90 Å². The molecule has 3 aromatic carbocycles. The number of carbonyl (C=O) groups excluding carboxylic acids is 2. The number of thioether (sulfide) groups is 1. The van der Waals surface area contributed by atoms with Gasteiger partial charge in [0.15, 0.2) is 0 Å². The van der Waals surface area contributed by atoms with Gasteiger partial charge in [0.2, 0.25) is 0 Å². The topological polar surface area (TPSA) is 62.3 Å². The molecular weight excluding hydrogens is 486 g/mol. The van der Waals surface area contributed by atoms with Gasteiger partial charge in [-0.2, -0.15) is 0 Å². The SMILES string of the molecule is COc1ccccc1C=C1Sc2ccc(C(=O)N3CCN(c4ccccc4OC)CC3)cc2N(C)C1=O. The first-order chi connectivity index (χ1) is 18.0. The highest BCUT2D eigenvalue weighted by molar-refractivity contribution is 8.04. The van der Waals surface area contributed by atoms with E-state index in [-0.39, 0.29) is 11.8 Å². The van der Waals surface area contributed by atoms with Gasteiger partial charge in [0, 0.05) is 49.2 Å². The Labute approximate surface area is 221 Å². The number of nitrogens with zero attached hydrogens (tertiary/aromatic N) is 3. The molecule has 3 aromatic rings. The van der Waals surface area contributed by atoms with E-state index in [4.69, 9.17) is 9.47 Å². The molecule has 2 aliphatic heterocycles. The molecule has 0 unspecified atom stereocenters. The van der Waals surface area contributed by atoms with Crippen LogP contribution < -0.4 is 19.3 Å². The number of anilines is 2. The van der Waals surface area contributed by atoms with Gasteiger partial charge in [0.1, 0.15) is 11.5 Å². The van der Waals surface area contributed by atoms with Crippen molar-refractivity contribution in [3.05, 3.63) is 82.8 Å². The fraction of sp³-hybridized carbons (Fsp3) is 0.241. The minimum atomic E-state index is -0.113. The standard InChI is InChI=1S/C29H29N3O4S/c1-30-23-18-21(28(33)32-16-14-31(15-17-32)22-9-5-7-11-25(22)36-3)12-13-26(23)37-27(29(30)34)19-20-8-4-6-10-24(20)35-2/h4-13,18-19H,14-17H2,1-3H3. The third kappa shape index (κ3) is 4.89. The highest BCUT2D eigenvalue weighted by atomic mass is 32.2. The number of carbonyl (C=O) groups is 2. The molecule has 2 heterocycles. The molecule has 0 atom stereocenters. The minimum absolute atomic E-state index is 0.0244. The van der Waals surface area contributed by atoms with Crippen LogP contribution in [0.5, 0.6) is 11.5 Å². The molecule has 7 nitrogen and oxygen atoms in total. The third-order valence-electron chi connectivity index (χ3n) is 6.72. The van der Waals surface area contributed by atoms with Gasteiger partial charge in [-0.3, -0.25) is 9.59 Å². The van der Waals surface area contributed by atoms with Gasteiger partial charge in [0.25, 0.3) is 11.8 Å². The monoisotopic (exact) mass is 515 g/mol. The van der Waals surface area contributed by atoms with E-state index >= 15 is 0 Å². The number of piperazine rings is 1. The van der Waals surface area contributed by atoms with Crippen LogP contribution >= 0.6 is 11.8 Å². The molecule has 0 N–H and O–H groups in total. The molecule has 190 valence electrons. The van der Waals surface area contributed by atoms with Crippen molar-refractivity contribution >= 4 is 41.0 Å². The van der Waals surface area contributed by atoms with Crippen molar-refractivity contribution in [3.8, 4) is 11.5 Å². The van der Waals surface area contributed by atoms with Crippen LogP contribution in [-0.4, -0.2) is 64.2 Å². The predicted octanol–water partition coefficient (Wildman–Crippen LogP) is 4.78. The Morgan fingerprint density at radius 3 is 2.27 bits per heavy atom. The number of para-hydroxylation sites is 3. The molecule has 1 fully saturated rings. The minimum Gasteiger partial charge on any atom is -0.496 e. The maximum absolute atomic E-state index is 13.4. The zero-order valence-electron chi connectivity index (χ0n) is 21.1. The Balaban J connectivity index is 1.32. The van der Waals surface area contributed by atoms with Crippen LogP contribution in [-0.2, 0) is 4.79 Å². The summed E-state index contributed by atoms with van der Waals surface area (Å²) in [7, 11) is 5.04. The normalized spacial score (nSPS) is 16.6. The van der Waals surface area contributed by atoms with Gasteiger partial charge in [-0.1, -0.05) is 42.1 Å². The Kier molecular flexibility index (Phi) is 7.10. The van der Waals surface area contributed by atoms with Crippen LogP contribution in [0.1, 0.15) is 15.9 Å². The molecule has 0 bridgehead atoms. The second kappa shape index (κ2) is 10.6. The van der Waals surface area contributed by atoms with Crippen LogP contribution in [0.15, 0.2) is 76.5 Å². The number of hydrogen-bond acceptors (Lipinski definition) is 6. The lowest BCUT2D eigenvalue weighted by molar-refractivity contribution is -0.114. The molecule has 5 rings (SSSR count). The molecule has 2 amide bonds. The molecule has 37 heavy (non-hydrogen) atoms. The number of hydrogen-bond donors (Lipinski definition) is 0. The molecular formula is C29H29N3O4S. The third-order valence-corrected chi connectivity index (χ3v) is 7.80. The quantitative estimate of drug-likeness (QED) is 0.456. The Hall–Kier alpha value is -3.91. The lowest BCUT2D eigenvalue weighted by Gasteiger charge is -2.37. The largest absolute Gasteiger partial charge is 0.496 e. The molecule has 0 aliphatic carbocycles. The van der Waals surface area contributed by atoms with Crippen LogP contribution in [0.25, 0.3) is 6.08 Å². The van der Waals surface area contributed by atoms with Gasteiger partial charge in [-0.15, -0.1) is 0 Å². The highest BCUT2D eigenvalue weighted by Gasteiger charge is 2.29. The number of benzene rings is 3. The van der Waals surface area contributed by atoms with Crippen LogP contribution in [0.3, 0.4) is 0 Å². The van der Waals surface area contributed by atoms with E-state index < -0.39 is 0 Å². The molecule has 0 aromatic heterocycles. The lowest BCUT2D eigenvalue weighted by atomic mass is 10.1. The average Bonchev–Trinajstić information content (AvgIpc) is 2.95. The summed E-state index contributed by atoms with van der Waals surface area (Å²) in [6.45, 7) is 2.68. The summed E-state index contributed by atoms with van der Waals surface area (Å²) < 4.78 is 10.9. The maximum Gasteiger partial charge on any atom is 0.264 e. The summed E-state index contributed by atoms with van der Waals surface area (Å²) >= 11 is 1.41. The van der Waals surface area contributed by atoms with E-state index in [1.165, 1.54) is 11.8 Å². The fourth-order valence-electron chi connectivity index (χ4n) is 4.68. The summed E-state index contributed by atoms with van der Waals surface area (Å²) in [5.74, 6) is 1.41. The summed E-state index contributed by atoms with van der Waals surface area (Å²) in [6.07, 6.45) is 1.85. The van der Waals surface area contributed by atoms with Crippen LogP contribution in [0.2, 0.25) is 0 Å². The number of fused-ring (bicyclic) bond motifs is 1. The van der Waals surface area contributed by atoms with Crippen molar-refractivity contribution in [2.75, 3.05) is 57.2 Å². The smallest absolute Gasteiger partial charge is 0.264 e. The molecule has 1 saturated heterocycles. The number of rotatable bonds is 5. The van der Waals surface area contributed by atoms with E-state index in [9.17, 15) is 9.59 Å². The maximum atomic E-state index is 13.4. The zero-order valence-corrected chi connectivity index (χ0v) is 22.0. The van der Waals surface area contributed by atoms with Crippen molar-refractivity contribution in [2.24, 2.45) is 0 Å². The van der Waals surface area contributed by atoms with Gasteiger partial charge < -0.3 is 24.2 Å². The van der Waals surface area contributed by atoms with Gasteiger partial charge in [0.05, 0.1) is 30.5 Å². The molecule has 8 heteroatoms. The Morgan fingerprint density at radius 1 is 0.865 bits per heavy atom. The Morgan fingerprint density at radius 2 is 1.54 bits per heavy atom. The second-order valence-corrected chi connectivity index (χ2v) is 9.93. The molecule has 0 radical (unpaired) electrons. The van der Waals surface area contributed by atoms with Crippen LogP contribution in [0.4, 0.5) is 11.4 Å². The highest BCUT2D eigenvalue weighted by Crippen LogP contribution is 2.42. The van der Waals surface area contributed by atoms with Crippen molar-refractivity contribution in [3.63, 3.8) is 0 Å². The van der Waals surface area contributed by atoms with Gasteiger partial charge in [-0.25, -0.2) is 0 Å². The summed E-state index contributed by atoms with van der Waals surface area (Å²) in [5.41, 5.74) is 3.21. The first-order valence-electron chi connectivity index (χ1n) is 12.1. The van der Waals surface area contributed by atoms with Crippen molar-refractivity contribution in [1.29, 1.82) is 0 Å². The first-order valence-corrected chi connectivity index (χ1v) is 12.9. The van der Waals surface area contributed by atoms with Crippen LogP contribution in [0, 0.1) is 0 Å². The summed E-state index contributed by atoms with van der Waals surface area (Å²) in [5, 5.41) is 0. The lowest BCUT2D eigenvalue weighted by Crippen LogP contribution is -2.49. The van der Waals surface area contributed by atoms with E-state index in [0.29, 0.717) is 29.3 Å². The first kappa shape index (κ1) is 24.8. The second-order valence-electron chi connectivity index (χ2n) is 8.85. The molecule has 2 aliphatic rings. The van der Waals surface area contributed by atoms with E-state index in [0.717, 1.165) is 40.7 Å². The number of ether oxygens (including phenoxy) is 2. The van der Waals surface area contributed by atoms with E-state index in [2.05, 4.69) is 4.90 Å². The average molecular weight is 516 g/mol. The number of likely N-dealkylation sites (N-methyl/N-ethyl adjacent to an activating group) is 1. The number of methoxy groups -OCH3 is 2. The molecule has 0 spiro atoms. The van der Waals surface area contributed by atoms with Crippen molar-refractivity contribution < 1.29 is 19.1 Å². The fourth-order valence-corrected chi connectivity index (χ4v) is 5.76. The van der Waals surface area contributed by atoms with E-state index in [1.54, 1.807) is 26.2 Å². The predicted molar refractivity (Wildman–Crippen MR) is 148 cm³/mol. The van der Waals surface area contributed by atoms with Crippen molar-refractivity contribution in [2.45, 2.75) is 4.90 Å². The Bertz CT molecular complexity index is 1360. The number of amides is 2. The molecule has 0 saturated carbocycles. The van der Waals surface area contributed by atoms with Gasteiger partial charge >= 0.3 is 0 Å². The summed E-state index contributed by atoms with van der Waals surface area (Å²) in [4.78, 5) is 33.8. The summed E-state index contributed by atoms with van der Waals surface area (Å²) in [6, 6.07) is 21.2. The zero-order chi connectivity index (χ0) is 25.9. The van der Waals surface area contributed by atoms with Gasteiger partial charge in [-0.05, 0) is 42.5 Å².